The lowest BCUT2D eigenvalue weighted by Gasteiger charge is -2.10. The van der Waals surface area contributed by atoms with Gasteiger partial charge in [0.15, 0.2) is 25.5 Å². The molecule has 1 aromatic carbocycles. The molecule has 6 heteroatoms. The van der Waals surface area contributed by atoms with Gasteiger partial charge in [0.1, 0.15) is 0 Å². The molecule has 2 aliphatic heterocycles. The van der Waals surface area contributed by atoms with Crippen LogP contribution in [0.15, 0.2) is 73.1 Å². The van der Waals surface area contributed by atoms with Gasteiger partial charge in [-0.05, 0) is 12.1 Å². The lowest BCUT2D eigenvalue weighted by molar-refractivity contribution is -0.702. The van der Waals surface area contributed by atoms with E-state index in [2.05, 4.69) is 57.9 Å². The third-order valence-electron chi connectivity index (χ3n) is 5.41. The van der Waals surface area contributed by atoms with Gasteiger partial charge >= 0.3 is 0 Å². The van der Waals surface area contributed by atoms with Gasteiger partial charge in [-0.25, -0.2) is 0 Å². The summed E-state index contributed by atoms with van der Waals surface area (Å²) in [7, 11) is 0. The van der Waals surface area contributed by atoms with Crippen molar-refractivity contribution < 1.29 is 28.1 Å². The summed E-state index contributed by atoms with van der Waals surface area (Å²) in [4.78, 5) is 0. The molecule has 2 saturated heterocycles. The Bertz CT molecular complexity index is 900. The van der Waals surface area contributed by atoms with E-state index in [1.165, 1.54) is 11.1 Å². The molecule has 4 heterocycles. The highest BCUT2D eigenvalue weighted by atomic mass is 16.7. The van der Waals surface area contributed by atoms with Gasteiger partial charge in [0.05, 0.1) is 26.4 Å². The second-order valence-electron chi connectivity index (χ2n) is 7.47. The van der Waals surface area contributed by atoms with Gasteiger partial charge in [0, 0.05) is 35.4 Å². The van der Waals surface area contributed by atoms with Crippen molar-refractivity contribution in [1.82, 2.24) is 0 Å². The van der Waals surface area contributed by atoms with Crippen molar-refractivity contribution in [3.8, 4) is 0 Å². The number of nitrogens with zero attached hydrogens (tertiary/aromatic N) is 2. The zero-order valence-corrected chi connectivity index (χ0v) is 16.9. The second-order valence-corrected chi connectivity index (χ2v) is 7.47. The lowest BCUT2D eigenvalue weighted by Crippen LogP contribution is -2.40. The second kappa shape index (κ2) is 9.02. The highest BCUT2D eigenvalue weighted by Gasteiger charge is 2.28. The van der Waals surface area contributed by atoms with E-state index >= 15 is 0 Å². The average molecular weight is 406 g/mol. The Kier molecular flexibility index (Phi) is 5.81. The van der Waals surface area contributed by atoms with Crippen LogP contribution in [0.3, 0.4) is 0 Å². The Hall–Kier alpha value is -2.64. The molecule has 6 nitrogen and oxygen atoms in total. The Morgan fingerprint density at radius 2 is 0.967 bits per heavy atom. The van der Waals surface area contributed by atoms with Crippen LogP contribution >= 0.6 is 0 Å². The molecule has 30 heavy (non-hydrogen) atoms. The quantitative estimate of drug-likeness (QED) is 0.590. The molecule has 0 bridgehead atoms. The first kappa shape index (κ1) is 19.3. The van der Waals surface area contributed by atoms with E-state index in [1.54, 1.807) is 0 Å². The van der Waals surface area contributed by atoms with E-state index in [1.807, 2.05) is 24.3 Å². The van der Waals surface area contributed by atoms with Gasteiger partial charge < -0.3 is 18.9 Å². The maximum Gasteiger partial charge on any atom is 0.245 e. The molecular weight excluding hydrogens is 380 g/mol. The number of rotatable bonds is 6. The van der Waals surface area contributed by atoms with Crippen molar-refractivity contribution in [2.24, 2.45) is 0 Å². The van der Waals surface area contributed by atoms with Gasteiger partial charge in [-0.15, -0.1) is 0 Å². The van der Waals surface area contributed by atoms with E-state index in [9.17, 15) is 0 Å². The van der Waals surface area contributed by atoms with Gasteiger partial charge in [0.25, 0.3) is 0 Å². The van der Waals surface area contributed by atoms with Crippen molar-refractivity contribution in [2.75, 3.05) is 26.4 Å². The van der Waals surface area contributed by atoms with Crippen molar-refractivity contribution in [2.45, 2.75) is 25.7 Å². The third-order valence-corrected chi connectivity index (χ3v) is 5.41. The highest BCUT2D eigenvalue weighted by Crippen LogP contribution is 2.21. The predicted octanol–water partition coefficient (Wildman–Crippen LogP) is 2.45. The van der Waals surface area contributed by atoms with Crippen LogP contribution in [0.2, 0.25) is 0 Å². The molecule has 0 unspecified atom stereocenters. The fourth-order valence-corrected chi connectivity index (χ4v) is 3.90. The summed E-state index contributed by atoms with van der Waals surface area (Å²) >= 11 is 0. The van der Waals surface area contributed by atoms with E-state index in [-0.39, 0.29) is 12.6 Å². The van der Waals surface area contributed by atoms with E-state index < -0.39 is 0 Å². The van der Waals surface area contributed by atoms with E-state index in [0.717, 1.165) is 24.5 Å². The summed E-state index contributed by atoms with van der Waals surface area (Å²) in [5, 5.41) is 0. The first-order valence-corrected chi connectivity index (χ1v) is 10.4. The van der Waals surface area contributed by atoms with Crippen LogP contribution in [-0.2, 0) is 32.0 Å². The third kappa shape index (κ3) is 4.27. The van der Waals surface area contributed by atoms with Crippen LogP contribution in [0, 0.1) is 0 Å². The molecule has 154 valence electrons. The molecule has 2 aliphatic rings. The molecule has 0 aliphatic carbocycles. The minimum Gasteiger partial charge on any atom is -0.341 e. The molecule has 0 amide bonds. The molecular formula is C24H26N2O4+2. The summed E-state index contributed by atoms with van der Waals surface area (Å²) in [6.07, 6.45) is 3.58. The molecule has 3 aromatic rings. The van der Waals surface area contributed by atoms with Gasteiger partial charge in [0.2, 0.25) is 24.0 Å². The Balaban J connectivity index is 1.30. The van der Waals surface area contributed by atoms with Crippen LogP contribution in [0.4, 0.5) is 0 Å². The van der Waals surface area contributed by atoms with Gasteiger partial charge in [-0.1, -0.05) is 24.3 Å². The topological polar surface area (TPSA) is 44.7 Å². The fraction of sp³-hybridized carbons (Fsp3) is 0.333. The molecule has 0 saturated carbocycles. The average Bonchev–Trinajstić information content (AvgIpc) is 3.51. The van der Waals surface area contributed by atoms with E-state index in [0.29, 0.717) is 26.4 Å². The largest absolute Gasteiger partial charge is 0.341 e. The van der Waals surface area contributed by atoms with Gasteiger partial charge in [-0.3, -0.25) is 0 Å². The Morgan fingerprint density at radius 1 is 0.567 bits per heavy atom. The summed E-state index contributed by atoms with van der Waals surface area (Å²) in [6.45, 7) is 4.11. The zero-order chi connectivity index (χ0) is 20.2. The maximum atomic E-state index is 5.69. The minimum absolute atomic E-state index is 0.279. The number of benzene rings is 1. The summed E-state index contributed by atoms with van der Waals surface area (Å²) in [6, 6.07) is 21.0. The molecule has 0 spiro atoms. The standard InChI is InChI=1S/C24H26N2O4/c1-3-11-25(21(5-1)23-27-13-14-28-23)17-19-7-9-20(10-8-19)18-26-12-4-2-6-22(26)24-29-15-16-30-24/h1-12,23-24H,13-18H2/q+2. The van der Waals surface area contributed by atoms with Gasteiger partial charge in [-0.2, -0.15) is 9.13 Å². The van der Waals surface area contributed by atoms with E-state index in [4.69, 9.17) is 18.9 Å². The number of aromatic nitrogens is 2. The van der Waals surface area contributed by atoms with Crippen LogP contribution in [0.25, 0.3) is 0 Å². The summed E-state index contributed by atoms with van der Waals surface area (Å²) in [5.41, 5.74) is 4.55. The predicted molar refractivity (Wildman–Crippen MR) is 107 cm³/mol. The van der Waals surface area contributed by atoms with Crippen LogP contribution in [0.1, 0.15) is 35.1 Å². The minimum atomic E-state index is -0.279. The Labute approximate surface area is 176 Å². The number of ether oxygens (including phenoxy) is 4. The molecule has 2 fully saturated rings. The lowest BCUT2D eigenvalue weighted by atomic mass is 10.1. The maximum absolute atomic E-state index is 5.69. The first-order valence-electron chi connectivity index (χ1n) is 10.4. The van der Waals surface area contributed by atoms with Crippen molar-refractivity contribution in [3.63, 3.8) is 0 Å². The fourth-order valence-electron chi connectivity index (χ4n) is 3.90. The summed E-state index contributed by atoms with van der Waals surface area (Å²) in [5.74, 6) is 0. The van der Waals surface area contributed by atoms with Crippen LogP contribution in [-0.4, -0.2) is 26.4 Å². The van der Waals surface area contributed by atoms with Crippen LogP contribution < -0.4 is 9.13 Å². The van der Waals surface area contributed by atoms with Crippen LogP contribution in [0.5, 0.6) is 0 Å². The Morgan fingerprint density at radius 3 is 1.37 bits per heavy atom. The number of pyridine rings is 2. The highest BCUT2D eigenvalue weighted by molar-refractivity contribution is 5.21. The van der Waals surface area contributed by atoms with Crippen molar-refractivity contribution in [1.29, 1.82) is 0 Å². The zero-order valence-electron chi connectivity index (χ0n) is 16.9. The van der Waals surface area contributed by atoms with Crippen molar-refractivity contribution in [3.05, 3.63) is 95.6 Å². The number of hydrogen-bond acceptors (Lipinski definition) is 4. The molecule has 2 aromatic heterocycles. The molecule has 0 N–H and O–H groups in total. The number of hydrogen-bond donors (Lipinski definition) is 0. The first-order chi connectivity index (χ1) is 14.9. The summed E-state index contributed by atoms with van der Waals surface area (Å²) < 4.78 is 27.1. The normalized spacial score (nSPS) is 17.6. The SMILES string of the molecule is c1cc[n+](Cc2ccc(C[n+]3ccccc3C3OCCO3)cc2)c(C2OCCO2)c1. The molecule has 5 rings (SSSR count). The molecule has 0 radical (unpaired) electrons. The molecule has 0 atom stereocenters. The smallest absolute Gasteiger partial charge is 0.245 e. The monoisotopic (exact) mass is 406 g/mol. The van der Waals surface area contributed by atoms with Crippen molar-refractivity contribution >= 4 is 0 Å².